The van der Waals surface area contributed by atoms with E-state index in [4.69, 9.17) is 5.73 Å². The third-order valence-corrected chi connectivity index (χ3v) is 2.16. The van der Waals surface area contributed by atoms with Crippen LogP contribution < -0.4 is 11.2 Å². The van der Waals surface area contributed by atoms with E-state index >= 15 is 0 Å². The highest BCUT2D eigenvalue weighted by molar-refractivity contribution is 5.76. The van der Waals surface area contributed by atoms with Crippen molar-refractivity contribution in [2.75, 3.05) is 6.61 Å². The molecular formula is C11H22N2O3. The van der Waals surface area contributed by atoms with Crippen molar-refractivity contribution in [1.82, 2.24) is 5.48 Å². The molecule has 0 rings (SSSR count). The summed E-state index contributed by atoms with van der Waals surface area (Å²) in [6.45, 7) is 1.89. The molecule has 0 saturated carbocycles. The minimum atomic E-state index is -0.597. The summed E-state index contributed by atoms with van der Waals surface area (Å²) in [6.07, 6.45) is 7.23. The molecule has 0 atom stereocenters. The van der Waals surface area contributed by atoms with Crippen LogP contribution in [0.15, 0.2) is 0 Å². The lowest BCUT2D eigenvalue weighted by Crippen LogP contribution is -2.29. The zero-order chi connectivity index (χ0) is 12.2. The largest absolute Gasteiger partial charge is 0.368 e. The van der Waals surface area contributed by atoms with Crippen LogP contribution in [0.25, 0.3) is 0 Å². The van der Waals surface area contributed by atoms with E-state index in [1.807, 2.05) is 0 Å². The lowest BCUT2D eigenvalue weighted by molar-refractivity contribution is -0.138. The van der Waals surface area contributed by atoms with E-state index in [9.17, 15) is 9.59 Å². The smallest absolute Gasteiger partial charge is 0.246 e. The van der Waals surface area contributed by atoms with Gasteiger partial charge in [0.2, 0.25) is 11.8 Å². The topological polar surface area (TPSA) is 81.4 Å². The van der Waals surface area contributed by atoms with E-state index < -0.39 is 5.91 Å². The predicted octanol–water partition coefficient (Wildman–Crippen LogP) is 1.27. The number of nitrogens with two attached hydrogens (primary N) is 1. The zero-order valence-corrected chi connectivity index (χ0v) is 9.96. The van der Waals surface area contributed by atoms with Gasteiger partial charge in [0.05, 0.1) is 0 Å². The minimum Gasteiger partial charge on any atom is -0.368 e. The average molecular weight is 230 g/mol. The van der Waals surface area contributed by atoms with Gasteiger partial charge in [0.1, 0.15) is 0 Å². The molecule has 0 aromatic carbocycles. The number of carbonyl (C=O) groups is 2. The van der Waals surface area contributed by atoms with Crippen LogP contribution in [0.1, 0.15) is 51.9 Å². The van der Waals surface area contributed by atoms with Gasteiger partial charge >= 0.3 is 0 Å². The van der Waals surface area contributed by atoms with Crippen molar-refractivity contribution in [3.8, 4) is 0 Å². The highest BCUT2D eigenvalue weighted by Gasteiger charge is 2.01. The Balaban J connectivity index is 3.20. The molecule has 5 nitrogen and oxygen atoms in total. The Bertz CT molecular complexity index is 207. The number of nitrogens with one attached hydrogen (secondary N) is 1. The first-order chi connectivity index (χ1) is 7.66. The SMILES string of the molecule is CCCCCCCCC(=O)NOCC(N)=O. The van der Waals surface area contributed by atoms with Crippen molar-refractivity contribution in [2.45, 2.75) is 51.9 Å². The normalized spacial score (nSPS) is 10.1. The Morgan fingerprint density at radius 1 is 1.12 bits per heavy atom. The van der Waals surface area contributed by atoms with Crippen LogP contribution in [-0.4, -0.2) is 18.4 Å². The molecule has 0 bridgehead atoms. The Morgan fingerprint density at radius 3 is 2.38 bits per heavy atom. The maximum Gasteiger partial charge on any atom is 0.246 e. The Hall–Kier alpha value is -1.10. The van der Waals surface area contributed by atoms with Gasteiger partial charge in [-0.25, -0.2) is 5.48 Å². The summed E-state index contributed by atoms with van der Waals surface area (Å²) in [5.41, 5.74) is 7.01. The number of unbranched alkanes of at least 4 members (excludes halogenated alkanes) is 5. The van der Waals surface area contributed by atoms with Crippen molar-refractivity contribution < 1.29 is 14.4 Å². The highest BCUT2D eigenvalue weighted by Crippen LogP contribution is 2.06. The summed E-state index contributed by atoms with van der Waals surface area (Å²) in [6, 6.07) is 0. The first-order valence-electron chi connectivity index (χ1n) is 5.85. The molecule has 0 aliphatic rings. The van der Waals surface area contributed by atoms with Crippen molar-refractivity contribution in [1.29, 1.82) is 0 Å². The van der Waals surface area contributed by atoms with Gasteiger partial charge in [-0.15, -0.1) is 0 Å². The number of carbonyl (C=O) groups excluding carboxylic acids is 2. The number of primary amides is 1. The van der Waals surface area contributed by atoms with E-state index in [-0.39, 0.29) is 12.5 Å². The molecule has 0 radical (unpaired) electrons. The number of hydrogen-bond acceptors (Lipinski definition) is 3. The van der Waals surface area contributed by atoms with Crippen LogP contribution in [0.4, 0.5) is 0 Å². The van der Waals surface area contributed by atoms with Crippen LogP contribution in [0.3, 0.4) is 0 Å². The molecule has 0 aliphatic carbocycles. The maximum absolute atomic E-state index is 11.1. The quantitative estimate of drug-likeness (QED) is 0.438. The highest BCUT2D eigenvalue weighted by atomic mass is 16.7. The van der Waals surface area contributed by atoms with Gasteiger partial charge in [0, 0.05) is 6.42 Å². The molecule has 0 aromatic heterocycles. The molecule has 5 heteroatoms. The van der Waals surface area contributed by atoms with Gasteiger partial charge in [-0.1, -0.05) is 39.0 Å². The minimum absolute atomic E-state index is 0.197. The molecule has 0 saturated heterocycles. The Morgan fingerprint density at radius 2 is 1.75 bits per heavy atom. The van der Waals surface area contributed by atoms with E-state index in [0.29, 0.717) is 6.42 Å². The fraction of sp³-hybridized carbons (Fsp3) is 0.818. The fourth-order valence-electron chi connectivity index (χ4n) is 1.30. The van der Waals surface area contributed by atoms with Gasteiger partial charge < -0.3 is 5.73 Å². The monoisotopic (exact) mass is 230 g/mol. The predicted molar refractivity (Wildman–Crippen MR) is 61.3 cm³/mol. The van der Waals surface area contributed by atoms with Crippen molar-refractivity contribution in [2.24, 2.45) is 5.73 Å². The van der Waals surface area contributed by atoms with Crippen LogP contribution >= 0.6 is 0 Å². The van der Waals surface area contributed by atoms with Crippen LogP contribution in [0.2, 0.25) is 0 Å². The van der Waals surface area contributed by atoms with Crippen LogP contribution in [0, 0.1) is 0 Å². The van der Waals surface area contributed by atoms with Crippen molar-refractivity contribution in [3.63, 3.8) is 0 Å². The van der Waals surface area contributed by atoms with Gasteiger partial charge in [0.15, 0.2) is 6.61 Å². The summed E-state index contributed by atoms with van der Waals surface area (Å²) in [4.78, 5) is 26.0. The molecule has 16 heavy (non-hydrogen) atoms. The summed E-state index contributed by atoms with van der Waals surface area (Å²) in [5, 5.41) is 0. The Kier molecular flexibility index (Phi) is 9.70. The summed E-state index contributed by atoms with van der Waals surface area (Å²) in [5.74, 6) is -0.795. The number of hydroxylamine groups is 1. The molecule has 0 heterocycles. The standard InChI is InChI=1S/C11H22N2O3/c1-2-3-4-5-6-7-8-11(15)13-16-9-10(12)14/h2-9H2,1H3,(H2,12,14)(H,13,15). The Labute approximate surface area is 96.7 Å². The second kappa shape index (κ2) is 10.4. The van der Waals surface area contributed by atoms with Crippen molar-refractivity contribution in [3.05, 3.63) is 0 Å². The van der Waals surface area contributed by atoms with E-state index in [1.54, 1.807) is 0 Å². The maximum atomic E-state index is 11.1. The lowest BCUT2D eigenvalue weighted by atomic mass is 10.1. The lowest BCUT2D eigenvalue weighted by Gasteiger charge is -2.03. The van der Waals surface area contributed by atoms with E-state index in [0.717, 1.165) is 12.8 Å². The van der Waals surface area contributed by atoms with E-state index in [1.165, 1.54) is 25.7 Å². The first kappa shape index (κ1) is 14.9. The van der Waals surface area contributed by atoms with Gasteiger partial charge in [0.25, 0.3) is 0 Å². The molecule has 3 N–H and O–H groups in total. The third-order valence-electron chi connectivity index (χ3n) is 2.16. The molecule has 0 aromatic rings. The van der Waals surface area contributed by atoms with Gasteiger partial charge in [-0.2, -0.15) is 0 Å². The molecule has 94 valence electrons. The number of rotatable bonds is 10. The number of amides is 2. The number of hydrogen-bond donors (Lipinski definition) is 2. The zero-order valence-electron chi connectivity index (χ0n) is 9.96. The van der Waals surface area contributed by atoms with Gasteiger partial charge in [-0.05, 0) is 6.42 Å². The fourth-order valence-corrected chi connectivity index (χ4v) is 1.30. The molecule has 0 aliphatic heterocycles. The molecular weight excluding hydrogens is 208 g/mol. The van der Waals surface area contributed by atoms with Crippen LogP contribution in [0.5, 0.6) is 0 Å². The summed E-state index contributed by atoms with van der Waals surface area (Å²) >= 11 is 0. The first-order valence-corrected chi connectivity index (χ1v) is 5.85. The second-order valence-electron chi connectivity index (χ2n) is 3.80. The molecule has 0 fully saturated rings. The third kappa shape index (κ3) is 11.0. The molecule has 0 unspecified atom stereocenters. The van der Waals surface area contributed by atoms with Gasteiger partial charge in [-0.3, -0.25) is 14.4 Å². The van der Waals surface area contributed by atoms with Crippen LogP contribution in [-0.2, 0) is 14.4 Å². The second-order valence-corrected chi connectivity index (χ2v) is 3.80. The molecule has 0 spiro atoms. The van der Waals surface area contributed by atoms with Crippen molar-refractivity contribution >= 4 is 11.8 Å². The summed E-state index contributed by atoms with van der Waals surface area (Å²) in [7, 11) is 0. The summed E-state index contributed by atoms with van der Waals surface area (Å²) < 4.78 is 0. The molecule has 2 amide bonds. The average Bonchev–Trinajstić information content (AvgIpc) is 2.22. The van der Waals surface area contributed by atoms with E-state index in [2.05, 4.69) is 17.2 Å².